The van der Waals surface area contributed by atoms with Crippen molar-refractivity contribution in [2.75, 3.05) is 26.2 Å². The second kappa shape index (κ2) is 9.52. The molecule has 0 spiro atoms. The fourth-order valence-corrected chi connectivity index (χ4v) is 4.79. The van der Waals surface area contributed by atoms with Gasteiger partial charge in [0, 0.05) is 37.6 Å². The second-order valence-corrected chi connectivity index (χ2v) is 9.36. The zero-order valence-electron chi connectivity index (χ0n) is 16.8. The Kier molecular flexibility index (Phi) is 7.01. The Balaban J connectivity index is 1.86. The molecule has 3 amide bonds. The quantitative estimate of drug-likeness (QED) is 0.688. The van der Waals surface area contributed by atoms with Crippen molar-refractivity contribution in [3.8, 4) is 0 Å². The molecule has 166 valence electrons. The molecule has 1 atom stereocenters. The predicted molar refractivity (Wildman–Crippen MR) is 112 cm³/mol. The molecule has 2 aromatic rings. The Morgan fingerprint density at radius 1 is 1.06 bits per heavy atom. The van der Waals surface area contributed by atoms with Crippen LogP contribution in [0.2, 0.25) is 5.02 Å². The third kappa shape index (κ3) is 5.08. The van der Waals surface area contributed by atoms with E-state index in [0.29, 0.717) is 11.4 Å². The number of sulfone groups is 1. The van der Waals surface area contributed by atoms with Crippen LogP contribution in [0.3, 0.4) is 0 Å². The van der Waals surface area contributed by atoms with Crippen molar-refractivity contribution in [2.45, 2.75) is 23.6 Å². The fraction of sp³-hybridized carbons (Fsp3) is 0.350. The Labute approximate surface area is 184 Å². The molecule has 2 heterocycles. The van der Waals surface area contributed by atoms with E-state index in [4.69, 9.17) is 16.0 Å². The third-order valence-electron chi connectivity index (χ3n) is 4.93. The minimum Gasteiger partial charge on any atom is -0.459 e. The second-order valence-electron chi connectivity index (χ2n) is 6.89. The minimum absolute atomic E-state index is 0.0384. The molecule has 0 radical (unpaired) electrons. The van der Waals surface area contributed by atoms with Gasteiger partial charge in [0.15, 0.2) is 5.76 Å². The van der Waals surface area contributed by atoms with Gasteiger partial charge in [0.25, 0.3) is 11.8 Å². The Bertz CT molecular complexity index is 1050. The SMILES string of the molecule is CCC(=O)N1CCN(C(=O)C(NC(=O)c2ccco2)S(=O)(=O)c2ccc(Cl)cc2)CC1. The molecular weight excluding hydrogens is 446 g/mol. The van der Waals surface area contributed by atoms with Crippen molar-refractivity contribution in [1.82, 2.24) is 15.1 Å². The summed E-state index contributed by atoms with van der Waals surface area (Å²) in [5.74, 6) is -1.77. The topological polar surface area (TPSA) is 117 Å². The predicted octanol–water partition coefficient (Wildman–Crippen LogP) is 1.54. The van der Waals surface area contributed by atoms with Crippen LogP contribution in [-0.4, -0.2) is 67.5 Å². The lowest BCUT2D eigenvalue weighted by Gasteiger charge is -2.36. The summed E-state index contributed by atoms with van der Waals surface area (Å²) in [6, 6.07) is 8.16. The molecule has 1 aromatic heterocycles. The number of carbonyl (C=O) groups is 3. The summed E-state index contributed by atoms with van der Waals surface area (Å²) in [4.78, 5) is 40.4. The first-order valence-corrected chi connectivity index (χ1v) is 11.6. The number of hydrogen-bond donors (Lipinski definition) is 1. The standard InChI is InChI=1S/C20H22ClN3O6S/c1-2-17(25)23-9-11-24(12-10-23)20(27)19(22-18(26)16-4-3-13-30-16)31(28,29)15-7-5-14(21)6-8-15/h3-8,13,19H,2,9-12H2,1H3,(H,22,26). The summed E-state index contributed by atoms with van der Waals surface area (Å²) in [6.07, 6.45) is 1.62. The normalized spacial score (nSPS) is 15.4. The summed E-state index contributed by atoms with van der Waals surface area (Å²) < 4.78 is 31.5. The highest BCUT2D eigenvalue weighted by molar-refractivity contribution is 7.92. The number of halogens is 1. The van der Waals surface area contributed by atoms with Crippen LogP contribution in [0.25, 0.3) is 0 Å². The molecule has 1 aliphatic heterocycles. The van der Waals surface area contributed by atoms with E-state index in [1.807, 2.05) is 0 Å². The molecule has 1 unspecified atom stereocenters. The maximum Gasteiger partial charge on any atom is 0.288 e. The Morgan fingerprint density at radius 2 is 1.68 bits per heavy atom. The number of amides is 3. The number of rotatable bonds is 6. The van der Waals surface area contributed by atoms with Crippen LogP contribution in [0.4, 0.5) is 0 Å². The molecule has 9 nitrogen and oxygen atoms in total. The Morgan fingerprint density at radius 3 is 2.23 bits per heavy atom. The molecule has 0 bridgehead atoms. The molecule has 1 aromatic carbocycles. The Hall–Kier alpha value is -2.85. The molecule has 1 N–H and O–H groups in total. The van der Waals surface area contributed by atoms with Crippen molar-refractivity contribution in [2.24, 2.45) is 0 Å². The van der Waals surface area contributed by atoms with E-state index in [1.165, 1.54) is 47.6 Å². The summed E-state index contributed by atoms with van der Waals surface area (Å²) in [5.41, 5.74) is 0. The van der Waals surface area contributed by atoms with Gasteiger partial charge in [0.1, 0.15) is 0 Å². The molecule has 0 saturated carbocycles. The summed E-state index contributed by atoms with van der Waals surface area (Å²) in [6.45, 7) is 2.65. The smallest absolute Gasteiger partial charge is 0.288 e. The van der Waals surface area contributed by atoms with Crippen molar-refractivity contribution < 1.29 is 27.2 Å². The van der Waals surface area contributed by atoms with E-state index in [1.54, 1.807) is 11.8 Å². The van der Waals surface area contributed by atoms with Crippen molar-refractivity contribution in [1.29, 1.82) is 0 Å². The van der Waals surface area contributed by atoms with Gasteiger partial charge >= 0.3 is 0 Å². The monoisotopic (exact) mass is 467 g/mol. The number of nitrogens with one attached hydrogen (secondary N) is 1. The largest absolute Gasteiger partial charge is 0.459 e. The lowest BCUT2D eigenvalue weighted by molar-refractivity contribution is -0.139. The summed E-state index contributed by atoms with van der Waals surface area (Å²) >= 11 is 5.84. The van der Waals surface area contributed by atoms with Crippen LogP contribution in [0, 0.1) is 0 Å². The highest BCUT2D eigenvalue weighted by Gasteiger charge is 2.39. The molecule has 1 aliphatic rings. The highest BCUT2D eigenvalue weighted by atomic mass is 35.5. The van der Waals surface area contributed by atoms with Gasteiger partial charge in [-0.15, -0.1) is 0 Å². The van der Waals surface area contributed by atoms with Crippen LogP contribution in [0.1, 0.15) is 23.9 Å². The lowest BCUT2D eigenvalue weighted by Crippen LogP contribution is -2.57. The molecule has 1 saturated heterocycles. The van der Waals surface area contributed by atoms with Gasteiger partial charge in [-0.25, -0.2) is 8.42 Å². The molecule has 0 aliphatic carbocycles. The number of furan rings is 1. The van der Waals surface area contributed by atoms with Gasteiger partial charge in [0.2, 0.25) is 21.1 Å². The molecule has 1 fully saturated rings. The first-order valence-electron chi connectivity index (χ1n) is 9.64. The molecule has 11 heteroatoms. The first-order chi connectivity index (χ1) is 14.7. The number of benzene rings is 1. The summed E-state index contributed by atoms with van der Waals surface area (Å²) in [5, 5.41) is 0.760. The third-order valence-corrected chi connectivity index (χ3v) is 7.05. The number of piperazine rings is 1. The maximum absolute atomic E-state index is 13.3. The van der Waals surface area contributed by atoms with E-state index in [2.05, 4.69) is 5.32 Å². The van der Waals surface area contributed by atoms with Crippen LogP contribution in [-0.2, 0) is 19.4 Å². The average molecular weight is 468 g/mol. The van der Waals surface area contributed by atoms with E-state index in [-0.39, 0.29) is 42.7 Å². The van der Waals surface area contributed by atoms with Crippen LogP contribution in [0.15, 0.2) is 52.0 Å². The fourth-order valence-electron chi connectivity index (χ4n) is 3.20. The summed E-state index contributed by atoms with van der Waals surface area (Å²) in [7, 11) is -4.29. The average Bonchev–Trinajstić information content (AvgIpc) is 3.32. The zero-order valence-corrected chi connectivity index (χ0v) is 18.4. The van der Waals surface area contributed by atoms with Gasteiger partial charge < -0.3 is 19.5 Å². The molecular formula is C20H22ClN3O6S. The van der Waals surface area contributed by atoms with E-state index in [9.17, 15) is 22.8 Å². The highest BCUT2D eigenvalue weighted by Crippen LogP contribution is 2.20. The van der Waals surface area contributed by atoms with Gasteiger partial charge in [-0.3, -0.25) is 14.4 Å². The van der Waals surface area contributed by atoms with Crippen LogP contribution in [0.5, 0.6) is 0 Å². The number of carbonyl (C=O) groups excluding carboxylic acids is 3. The molecule has 3 rings (SSSR count). The maximum atomic E-state index is 13.3. The van der Waals surface area contributed by atoms with Crippen molar-refractivity contribution in [3.05, 3.63) is 53.4 Å². The van der Waals surface area contributed by atoms with E-state index in [0.717, 1.165) is 0 Å². The van der Waals surface area contributed by atoms with Gasteiger partial charge in [-0.1, -0.05) is 18.5 Å². The van der Waals surface area contributed by atoms with Crippen LogP contribution < -0.4 is 5.32 Å². The van der Waals surface area contributed by atoms with E-state index < -0.39 is 27.0 Å². The molecule has 31 heavy (non-hydrogen) atoms. The van der Waals surface area contributed by atoms with Crippen molar-refractivity contribution in [3.63, 3.8) is 0 Å². The number of nitrogens with zero attached hydrogens (tertiary/aromatic N) is 2. The van der Waals surface area contributed by atoms with Gasteiger partial charge in [-0.2, -0.15) is 0 Å². The van der Waals surface area contributed by atoms with E-state index >= 15 is 0 Å². The van der Waals surface area contributed by atoms with Gasteiger partial charge in [-0.05, 0) is 36.4 Å². The minimum atomic E-state index is -4.29. The number of hydrogen-bond acceptors (Lipinski definition) is 6. The van der Waals surface area contributed by atoms with Crippen molar-refractivity contribution >= 4 is 39.2 Å². The van der Waals surface area contributed by atoms with Crippen LogP contribution >= 0.6 is 11.6 Å². The zero-order chi connectivity index (χ0) is 22.6. The lowest BCUT2D eigenvalue weighted by atomic mass is 10.2. The van der Waals surface area contributed by atoms with Gasteiger partial charge in [0.05, 0.1) is 11.2 Å². The first kappa shape index (κ1) is 22.8.